The average molecular weight is 819 g/mol. The van der Waals surface area contributed by atoms with Crippen molar-refractivity contribution in [2.75, 3.05) is 9.80 Å². The fourth-order valence-electron chi connectivity index (χ4n) is 11.7. The molecule has 0 fully saturated rings. The highest BCUT2D eigenvalue weighted by molar-refractivity contribution is 6.37. The van der Waals surface area contributed by atoms with Crippen LogP contribution < -0.4 is 9.80 Å². The van der Waals surface area contributed by atoms with E-state index in [9.17, 15) is 0 Å². The van der Waals surface area contributed by atoms with Gasteiger partial charge >= 0.3 is 0 Å². The summed E-state index contributed by atoms with van der Waals surface area (Å²) in [4.78, 5) is 4.62. The second kappa shape index (κ2) is 13.0. The molecule has 0 radical (unpaired) electrons. The average Bonchev–Trinajstić information content (AvgIpc) is 3.90. The second-order valence-corrected chi connectivity index (χ2v) is 20.5. The van der Waals surface area contributed by atoms with Gasteiger partial charge in [-0.2, -0.15) is 0 Å². The van der Waals surface area contributed by atoms with Crippen LogP contribution >= 0.6 is 11.6 Å². The van der Waals surface area contributed by atoms with E-state index in [0.29, 0.717) is 5.02 Å². The first-order valence-corrected chi connectivity index (χ1v) is 22.0. The number of para-hydroxylation sites is 4. The Kier molecular flexibility index (Phi) is 8.11. The molecule has 0 bridgehead atoms. The van der Waals surface area contributed by atoms with Crippen LogP contribution in [-0.2, 0) is 21.7 Å². The van der Waals surface area contributed by atoms with Crippen LogP contribution in [0.2, 0.25) is 5.02 Å². The minimum Gasteiger partial charge on any atom is -0.454 e. The zero-order chi connectivity index (χ0) is 42.2. The molecule has 0 atom stereocenters. The number of hydrogen-bond acceptors (Lipinski definition) is 4. The normalized spacial score (nSPS) is 17.0. The van der Waals surface area contributed by atoms with Crippen molar-refractivity contribution in [1.29, 1.82) is 0 Å². The molecule has 2 heterocycles. The van der Waals surface area contributed by atoms with Crippen LogP contribution in [0.25, 0.3) is 43.9 Å². The molecular formula is C56H51ClN2O2. The van der Waals surface area contributed by atoms with Crippen molar-refractivity contribution in [3.8, 4) is 0 Å². The monoisotopic (exact) mass is 818 g/mol. The van der Waals surface area contributed by atoms with Crippen LogP contribution in [0.1, 0.15) is 90.5 Å². The SMILES string of the molecule is CC1(C)CC(C)(C)c2cc(N(c3cccc(N(c4ccc5c(c4)C(C)(C)CC5(C)C)c4cccc5c4oc4ccccc45)c3Cl)c3cccc4c3oc3ccccc34)ccc21. The largest absolute Gasteiger partial charge is 0.454 e. The number of nitrogens with zero attached hydrogens (tertiary/aromatic N) is 2. The van der Waals surface area contributed by atoms with Gasteiger partial charge in [0.2, 0.25) is 0 Å². The molecule has 0 unspecified atom stereocenters. The topological polar surface area (TPSA) is 32.8 Å². The Morgan fingerprint density at radius 2 is 0.754 bits per heavy atom. The summed E-state index contributed by atoms with van der Waals surface area (Å²) in [6.07, 6.45) is 2.15. The summed E-state index contributed by atoms with van der Waals surface area (Å²) in [5.41, 5.74) is 14.6. The summed E-state index contributed by atoms with van der Waals surface area (Å²) < 4.78 is 13.6. The van der Waals surface area contributed by atoms with Crippen molar-refractivity contribution in [2.45, 2.75) is 89.9 Å². The maximum Gasteiger partial charge on any atom is 0.159 e. The van der Waals surface area contributed by atoms with E-state index in [-0.39, 0.29) is 21.7 Å². The molecule has 11 rings (SSSR count). The van der Waals surface area contributed by atoms with Gasteiger partial charge in [-0.3, -0.25) is 0 Å². The predicted octanol–water partition coefficient (Wildman–Crippen LogP) is 17.0. The minimum atomic E-state index is -0.00446. The Labute approximate surface area is 363 Å². The predicted molar refractivity (Wildman–Crippen MR) is 257 cm³/mol. The number of hydrogen-bond donors (Lipinski definition) is 0. The zero-order valence-corrected chi connectivity index (χ0v) is 37.0. The minimum absolute atomic E-state index is 0.00446. The maximum absolute atomic E-state index is 8.05. The van der Waals surface area contributed by atoms with Crippen LogP contribution in [0.4, 0.5) is 34.1 Å². The molecule has 0 spiro atoms. The lowest BCUT2D eigenvalue weighted by Gasteiger charge is -2.32. The van der Waals surface area contributed by atoms with E-state index in [1.807, 2.05) is 24.3 Å². The van der Waals surface area contributed by atoms with Gasteiger partial charge in [0.05, 0.1) is 27.8 Å². The highest BCUT2D eigenvalue weighted by Gasteiger charge is 2.43. The van der Waals surface area contributed by atoms with Crippen LogP contribution in [0.3, 0.4) is 0 Å². The summed E-state index contributed by atoms with van der Waals surface area (Å²) in [6, 6.07) is 49.9. The smallest absolute Gasteiger partial charge is 0.159 e. The van der Waals surface area contributed by atoms with Crippen molar-refractivity contribution in [3.63, 3.8) is 0 Å². The van der Waals surface area contributed by atoms with Gasteiger partial charge in [0, 0.05) is 32.9 Å². The second-order valence-electron chi connectivity index (χ2n) is 20.1. The van der Waals surface area contributed by atoms with Crippen molar-refractivity contribution >= 4 is 89.6 Å². The van der Waals surface area contributed by atoms with Gasteiger partial charge in [-0.05, 0) is 117 Å². The van der Waals surface area contributed by atoms with Crippen molar-refractivity contribution in [3.05, 3.63) is 167 Å². The highest BCUT2D eigenvalue weighted by atomic mass is 35.5. The zero-order valence-electron chi connectivity index (χ0n) is 36.3. The van der Waals surface area contributed by atoms with E-state index < -0.39 is 0 Å². The van der Waals surface area contributed by atoms with Crippen LogP contribution in [0.5, 0.6) is 0 Å². The molecule has 7 aromatic carbocycles. The van der Waals surface area contributed by atoms with Crippen molar-refractivity contribution < 1.29 is 8.83 Å². The first kappa shape index (κ1) is 38.0. The lowest BCUT2D eigenvalue weighted by Crippen LogP contribution is -2.18. The van der Waals surface area contributed by atoms with Gasteiger partial charge in [-0.25, -0.2) is 0 Å². The van der Waals surface area contributed by atoms with Crippen LogP contribution in [-0.4, -0.2) is 0 Å². The molecule has 4 nitrogen and oxygen atoms in total. The van der Waals surface area contributed by atoms with Gasteiger partial charge < -0.3 is 18.6 Å². The molecule has 304 valence electrons. The summed E-state index contributed by atoms with van der Waals surface area (Å²) in [5.74, 6) is 0. The van der Waals surface area contributed by atoms with E-state index in [4.69, 9.17) is 20.4 Å². The van der Waals surface area contributed by atoms with Gasteiger partial charge in [-0.1, -0.05) is 146 Å². The molecule has 0 saturated heterocycles. The number of anilines is 6. The number of halogens is 1. The van der Waals surface area contributed by atoms with Crippen LogP contribution in [0, 0.1) is 0 Å². The molecule has 0 amide bonds. The molecule has 5 heteroatoms. The Bertz CT molecular complexity index is 3040. The molecule has 2 aliphatic rings. The lowest BCUT2D eigenvalue weighted by atomic mass is 9.82. The van der Waals surface area contributed by atoms with E-state index in [1.54, 1.807) is 0 Å². The summed E-state index contributed by atoms with van der Waals surface area (Å²) in [7, 11) is 0. The molecule has 61 heavy (non-hydrogen) atoms. The van der Waals surface area contributed by atoms with E-state index in [2.05, 4.69) is 180 Å². The Balaban J connectivity index is 1.19. The summed E-state index contributed by atoms with van der Waals surface area (Å²) >= 11 is 8.05. The van der Waals surface area contributed by atoms with Gasteiger partial charge in [0.25, 0.3) is 0 Å². The third-order valence-electron chi connectivity index (χ3n) is 13.9. The van der Waals surface area contributed by atoms with E-state index in [0.717, 1.165) is 90.8 Å². The standard InChI is InChI=1S/C56H51ClN2O2/c1-53(2)32-55(5,6)42-30-34(26-28-40(42)53)58(46-22-13-18-38-36-16-9-11-24-48(36)60-51(38)46)44-20-15-21-45(50(44)57)59(35-27-29-41-43(31-35)56(7,8)33-54(41,3)4)47-23-14-19-39-37-17-10-12-25-49(37)61-52(39)47/h9-31H,32-33H2,1-8H3. The number of rotatable bonds is 6. The molecule has 0 aliphatic heterocycles. The summed E-state index contributed by atoms with van der Waals surface area (Å²) in [5, 5.41) is 4.92. The molecule has 2 aliphatic carbocycles. The quantitative estimate of drug-likeness (QED) is 0.167. The fraction of sp³-hybridized carbons (Fsp3) is 0.250. The molecule has 0 N–H and O–H groups in total. The summed E-state index contributed by atoms with van der Waals surface area (Å²) in [6.45, 7) is 19.0. The Morgan fingerprint density at radius 1 is 0.393 bits per heavy atom. The third-order valence-corrected chi connectivity index (χ3v) is 14.3. The molecule has 2 aromatic heterocycles. The Morgan fingerprint density at radius 3 is 1.20 bits per heavy atom. The molecular weight excluding hydrogens is 768 g/mol. The van der Waals surface area contributed by atoms with Crippen molar-refractivity contribution in [1.82, 2.24) is 0 Å². The van der Waals surface area contributed by atoms with E-state index >= 15 is 0 Å². The number of benzene rings is 7. The Hall–Kier alpha value is -5.97. The first-order valence-electron chi connectivity index (χ1n) is 21.6. The number of furan rings is 2. The first-order chi connectivity index (χ1) is 29.1. The fourth-order valence-corrected chi connectivity index (χ4v) is 12.0. The van der Waals surface area contributed by atoms with Gasteiger partial charge in [0.1, 0.15) is 11.2 Å². The maximum atomic E-state index is 8.05. The number of fused-ring (bicyclic) bond motifs is 8. The van der Waals surface area contributed by atoms with E-state index in [1.165, 1.54) is 22.3 Å². The molecule has 0 saturated carbocycles. The third kappa shape index (κ3) is 5.71. The van der Waals surface area contributed by atoms with Gasteiger partial charge in [0.15, 0.2) is 11.2 Å². The highest BCUT2D eigenvalue weighted by Crippen LogP contribution is 2.56. The van der Waals surface area contributed by atoms with Crippen molar-refractivity contribution in [2.24, 2.45) is 0 Å². The lowest BCUT2D eigenvalue weighted by molar-refractivity contribution is 0.402. The van der Waals surface area contributed by atoms with Gasteiger partial charge in [-0.15, -0.1) is 0 Å². The molecule has 9 aromatic rings. The van der Waals surface area contributed by atoms with Crippen LogP contribution in [0.15, 0.2) is 148 Å².